The number of fused-ring (bicyclic) bond motifs is 7. The Bertz CT molecular complexity index is 2240. The summed E-state index contributed by atoms with van der Waals surface area (Å²) in [4.78, 5) is 67.5. The third-order valence-corrected chi connectivity index (χ3v) is 17.0. The van der Waals surface area contributed by atoms with Crippen molar-refractivity contribution in [3.05, 3.63) is 106 Å². The molecule has 3 aromatic rings. The van der Waals surface area contributed by atoms with Gasteiger partial charge in [-0.25, -0.2) is 9.59 Å². The Balaban J connectivity index is 1.07. The number of esters is 1. The molecule has 0 unspecified atom stereocenters. The SMILES string of the molecule is Cc1oc(=O)oc1COC(=O)O[C@H]1CC[C@@]2(C)[C@@H](CC[C@]3(C)[C@@H]2C(=O)C=C2[C@@H]4C[C@@](C)(C(=O)OC(c5ccccc5)c5ccccc5)CC[C@]4(C)CC[C@]23C)[C@]1(C)C(=O)O. The smallest absolute Gasteiger partial charge is 0.481 e. The molecule has 0 spiro atoms. The Morgan fingerprint density at radius 2 is 1.45 bits per heavy atom. The number of benzene rings is 2. The van der Waals surface area contributed by atoms with Crippen molar-refractivity contribution in [2.45, 2.75) is 125 Å². The van der Waals surface area contributed by atoms with E-state index >= 15 is 4.79 Å². The molecule has 8 rings (SSSR count). The summed E-state index contributed by atoms with van der Waals surface area (Å²) in [6.07, 6.45) is 5.08. The van der Waals surface area contributed by atoms with Gasteiger partial charge in [-0.05, 0) is 129 Å². The van der Waals surface area contributed by atoms with Crippen LogP contribution < -0.4 is 5.82 Å². The second-order valence-corrected chi connectivity index (χ2v) is 20.1. The third-order valence-electron chi connectivity index (χ3n) is 17.0. The first-order chi connectivity index (χ1) is 28.3. The van der Waals surface area contributed by atoms with Gasteiger partial charge in [0.15, 0.2) is 30.0 Å². The number of hydrogen-bond acceptors (Lipinski definition) is 10. The van der Waals surface area contributed by atoms with Crippen LogP contribution in [0.3, 0.4) is 0 Å². The summed E-state index contributed by atoms with van der Waals surface area (Å²) in [5.74, 6) is -2.96. The highest BCUT2D eigenvalue weighted by Gasteiger charge is 2.72. The molecule has 5 aliphatic rings. The summed E-state index contributed by atoms with van der Waals surface area (Å²) in [7, 11) is 0. The lowest BCUT2D eigenvalue weighted by Crippen LogP contribution is -2.68. The number of aryl methyl sites for hydroxylation is 1. The highest BCUT2D eigenvalue weighted by atomic mass is 16.7. The molecule has 0 bridgehead atoms. The van der Waals surface area contributed by atoms with Crippen LogP contribution in [0.5, 0.6) is 0 Å². The fourth-order valence-corrected chi connectivity index (χ4v) is 13.1. The number of carbonyl (C=O) groups is 4. The van der Waals surface area contributed by atoms with Gasteiger partial charge in [0.25, 0.3) is 0 Å². The van der Waals surface area contributed by atoms with E-state index in [1.165, 1.54) is 6.92 Å². The number of carboxylic acid groups (broad SMARTS) is 1. The van der Waals surface area contributed by atoms with E-state index in [0.717, 1.165) is 36.0 Å². The summed E-state index contributed by atoms with van der Waals surface area (Å²) in [5.41, 5.74) is -1.00. The lowest BCUT2D eigenvalue weighted by atomic mass is 9.33. The van der Waals surface area contributed by atoms with E-state index in [1.54, 1.807) is 6.92 Å². The van der Waals surface area contributed by atoms with Crippen LogP contribution in [0.2, 0.25) is 0 Å². The molecule has 5 aliphatic carbocycles. The van der Waals surface area contributed by atoms with Crippen molar-refractivity contribution in [1.29, 1.82) is 0 Å². The number of ketones is 1. The highest BCUT2D eigenvalue weighted by molar-refractivity contribution is 5.96. The number of allylic oxidation sites excluding steroid dienone is 2. The molecule has 0 amide bonds. The van der Waals surface area contributed by atoms with Gasteiger partial charge in [0.1, 0.15) is 11.5 Å². The molecule has 11 heteroatoms. The molecule has 0 radical (unpaired) electrons. The zero-order valence-corrected chi connectivity index (χ0v) is 35.8. The van der Waals surface area contributed by atoms with Crippen molar-refractivity contribution in [2.24, 2.45) is 50.2 Å². The lowest BCUT2D eigenvalue weighted by molar-refractivity contribution is -0.216. The summed E-state index contributed by atoms with van der Waals surface area (Å²) in [5, 5.41) is 11.0. The monoisotopic (exact) mass is 822 g/mol. The van der Waals surface area contributed by atoms with Gasteiger partial charge in [-0.15, -0.1) is 0 Å². The zero-order valence-electron chi connectivity index (χ0n) is 35.8. The molecule has 4 saturated carbocycles. The average molecular weight is 823 g/mol. The molecule has 10 atom stereocenters. The molecule has 320 valence electrons. The van der Waals surface area contributed by atoms with Crippen molar-refractivity contribution in [3.8, 4) is 0 Å². The molecular formula is C49H58O11. The largest absolute Gasteiger partial charge is 0.519 e. The minimum absolute atomic E-state index is 0.0139. The third kappa shape index (κ3) is 6.39. The van der Waals surface area contributed by atoms with E-state index in [2.05, 4.69) is 27.7 Å². The Kier molecular flexibility index (Phi) is 10.2. The fourth-order valence-electron chi connectivity index (χ4n) is 13.1. The van der Waals surface area contributed by atoms with Crippen LogP contribution in [0.1, 0.15) is 128 Å². The number of carboxylic acids is 1. The highest BCUT2D eigenvalue weighted by Crippen LogP contribution is 2.75. The summed E-state index contributed by atoms with van der Waals surface area (Å²) >= 11 is 0. The molecular weight excluding hydrogens is 765 g/mol. The van der Waals surface area contributed by atoms with E-state index in [0.29, 0.717) is 32.1 Å². The molecule has 2 aromatic carbocycles. The molecule has 1 aromatic heterocycles. The van der Waals surface area contributed by atoms with Crippen LogP contribution in [0.15, 0.2) is 85.9 Å². The summed E-state index contributed by atoms with van der Waals surface area (Å²) < 4.78 is 27.3. The maximum atomic E-state index is 15.1. The molecule has 60 heavy (non-hydrogen) atoms. The standard InChI is InChI=1S/C49H58O11/c1-29-35(58-43(55)57-29)28-56-42(54)59-37-19-20-46(4)36(49(37,7)40(51)52)18-21-48(6)39(46)34(50)26-32-33-27-45(3,23-22-44(33,2)24-25-47(32,48)5)41(53)60-38(30-14-10-8-11-15-30)31-16-12-9-13-17-31/h8-17,26,33,36-39H,18-25,27-28H2,1-7H3,(H,51,52)/t33-,36+,37-,39+,44+,45-,46-,47+,48+,49-/m0/s1. The van der Waals surface area contributed by atoms with Crippen molar-refractivity contribution in [2.75, 3.05) is 0 Å². The van der Waals surface area contributed by atoms with Gasteiger partial charge < -0.3 is 28.2 Å². The first-order valence-corrected chi connectivity index (χ1v) is 21.5. The molecule has 4 fully saturated rings. The fraction of sp³-hybridized carbons (Fsp3) is 0.571. The van der Waals surface area contributed by atoms with Crippen LogP contribution in [0, 0.1) is 57.2 Å². The molecule has 11 nitrogen and oxygen atoms in total. The predicted molar refractivity (Wildman–Crippen MR) is 219 cm³/mol. The van der Waals surface area contributed by atoms with Gasteiger partial charge in [-0.3, -0.25) is 14.4 Å². The minimum atomic E-state index is -1.51. The first kappa shape index (κ1) is 41.8. The van der Waals surface area contributed by atoms with Gasteiger partial charge >= 0.3 is 23.9 Å². The van der Waals surface area contributed by atoms with E-state index < -0.39 is 70.3 Å². The van der Waals surface area contributed by atoms with Crippen LogP contribution in [-0.2, 0) is 35.2 Å². The number of rotatable bonds is 8. The van der Waals surface area contributed by atoms with Gasteiger partial charge in [0.05, 0.1) is 5.41 Å². The first-order valence-electron chi connectivity index (χ1n) is 21.5. The summed E-state index contributed by atoms with van der Waals surface area (Å²) in [6, 6.07) is 19.7. The van der Waals surface area contributed by atoms with Crippen molar-refractivity contribution >= 4 is 23.9 Å². The second-order valence-electron chi connectivity index (χ2n) is 20.1. The van der Waals surface area contributed by atoms with Crippen LogP contribution in [0.4, 0.5) is 4.79 Å². The Hall–Kier alpha value is -4.93. The van der Waals surface area contributed by atoms with E-state index in [-0.39, 0.29) is 46.4 Å². The van der Waals surface area contributed by atoms with Gasteiger partial charge in [-0.1, -0.05) is 93.9 Å². The van der Waals surface area contributed by atoms with Crippen molar-refractivity contribution in [1.82, 2.24) is 0 Å². The maximum absolute atomic E-state index is 15.1. The average Bonchev–Trinajstić information content (AvgIpc) is 3.54. The van der Waals surface area contributed by atoms with Crippen LogP contribution in [0.25, 0.3) is 0 Å². The number of hydrogen-bond donors (Lipinski definition) is 1. The maximum Gasteiger partial charge on any atom is 0.519 e. The van der Waals surface area contributed by atoms with E-state index in [1.807, 2.05) is 73.7 Å². The zero-order chi connectivity index (χ0) is 43.0. The lowest BCUT2D eigenvalue weighted by Gasteiger charge is -2.70. The van der Waals surface area contributed by atoms with E-state index in [4.69, 9.17) is 23.0 Å². The van der Waals surface area contributed by atoms with Crippen LogP contribution in [-0.4, -0.2) is 35.1 Å². The van der Waals surface area contributed by atoms with Gasteiger partial charge in [-0.2, -0.15) is 0 Å². The molecule has 0 aliphatic heterocycles. The Labute approximate surface area is 351 Å². The second kappa shape index (κ2) is 14.6. The summed E-state index contributed by atoms with van der Waals surface area (Å²) in [6.45, 7) is 13.8. The quantitative estimate of drug-likeness (QED) is 0.216. The van der Waals surface area contributed by atoms with Crippen molar-refractivity contribution in [3.63, 3.8) is 0 Å². The van der Waals surface area contributed by atoms with Gasteiger partial charge in [0.2, 0.25) is 0 Å². The van der Waals surface area contributed by atoms with Gasteiger partial charge in [0, 0.05) is 5.92 Å². The number of ether oxygens (including phenoxy) is 3. The molecule has 1 N–H and O–H groups in total. The number of carbonyl (C=O) groups excluding carboxylic acids is 3. The number of aliphatic carboxylic acids is 1. The topological polar surface area (TPSA) is 160 Å². The normalized spacial score (nSPS) is 37.1. The molecule has 0 saturated heterocycles. The minimum Gasteiger partial charge on any atom is -0.481 e. The Morgan fingerprint density at radius 3 is 2.05 bits per heavy atom. The Morgan fingerprint density at radius 1 is 0.817 bits per heavy atom. The molecule has 1 heterocycles. The predicted octanol–water partition coefficient (Wildman–Crippen LogP) is 9.94. The van der Waals surface area contributed by atoms with E-state index in [9.17, 15) is 24.3 Å². The van der Waals surface area contributed by atoms with Crippen LogP contribution >= 0.6 is 0 Å². The van der Waals surface area contributed by atoms with Crippen molar-refractivity contribution < 1.29 is 47.3 Å².